The SMILES string of the molecule is O=C(Nc1nccc(Cl)n1)c1cc(F)cc(F)c1. The van der Waals surface area contributed by atoms with E-state index in [1.165, 1.54) is 12.3 Å². The van der Waals surface area contributed by atoms with Gasteiger partial charge in [-0.05, 0) is 18.2 Å². The number of hydrogen-bond donors (Lipinski definition) is 1. The zero-order chi connectivity index (χ0) is 13.1. The third-order valence-corrected chi connectivity index (χ3v) is 2.18. The van der Waals surface area contributed by atoms with Crippen molar-refractivity contribution in [2.24, 2.45) is 0 Å². The molecule has 0 saturated carbocycles. The average Bonchev–Trinajstić information content (AvgIpc) is 2.27. The minimum absolute atomic E-state index is 0.0443. The number of nitrogens with one attached hydrogen (secondary N) is 1. The first-order valence-corrected chi connectivity index (χ1v) is 5.18. The van der Waals surface area contributed by atoms with Crippen molar-refractivity contribution in [2.45, 2.75) is 0 Å². The third kappa shape index (κ3) is 2.98. The topological polar surface area (TPSA) is 54.9 Å². The second-order valence-corrected chi connectivity index (χ2v) is 3.70. The number of hydrogen-bond acceptors (Lipinski definition) is 3. The minimum Gasteiger partial charge on any atom is -0.290 e. The highest BCUT2D eigenvalue weighted by atomic mass is 35.5. The van der Waals surface area contributed by atoms with Crippen LogP contribution in [0, 0.1) is 11.6 Å². The molecule has 92 valence electrons. The average molecular weight is 270 g/mol. The fourth-order valence-corrected chi connectivity index (χ4v) is 1.39. The van der Waals surface area contributed by atoms with Crippen molar-refractivity contribution in [3.8, 4) is 0 Å². The highest BCUT2D eigenvalue weighted by Crippen LogP contribution is 2.11. The van der Waals surface area contributed by atoms with Crippen molar-refractivity contribution in [3.05, 3.63) is 52.8 Å². The molecule has 0 bridgehead atoms. The van der Waals surface area contributed by atoms with E-state index < -0.39 is 17.5 Å². The summed E-state index contributed by atoms with van der Waals surface area (Å²) in [5, 5.41) is 2.42. The van der Waals surface area contributed by atoms with Crippen molar-refractivity contribution in [1.29, 1.82) is 0 Å². The first-order chi connectivity index (χ1) is 8.54. The van der Waals surface area contributed by atoms with E-state index in [9.17, 15) is 13.6 Å². The van der Waals surface area contributed by atoms with Gasteiger partial charge in [0.25, 0.3) is 5.91 Å². The molecule has 1 aromatic carbocycles. The molecule has 0 saturated heterocycles. The summed E-state index contributed by atoms with van der Waals surface area (Å²) >= 11 is 5.60. The second-order valence-electron chi connectivity index (χ2n) is 3.32. The number of benzene rings is 1. The van der Waals surface area contributed by atoms with Crippen LogP contribution in [0.3, 0.4) is 0 Å². The zero-order valence-corrected chi connectivity index (χ0v) is 9.58. The van der Waals surface area contributed by atoms with Crippen molar-refractivity contribution < 1.29 is 13.6 Å². The number of carbonyl (C=O) groups is 1. The van der Waals surface area contributed by atoms with Crippen molar-refractivity contribution in [2.75, 3.05) is 5.32 Å². The molecule has 0 spiro atoms. The van der Waals surface area contributed by atoms with Crippen LogP contribution in [-0.2, 0) is 0 Å². The van der Waals surface area contributed by atoms with Crippen LogP contribution < -0.4 is 5.32 Å². The quantitative estimate of drug-likeness (QED) is 0.853. The van der Waals surface area contributed by atoms with Gasteiger partial charge in [-0.3, -0.25) is 10.1 Å². The maximum absolute atomic E-state index is 12.9. The Morgan fingerprint density at radius 3 is 2.50 bits per heavy atom. The molecule has 0 unspecified atom stereocenters. The number of nitrogens with zero attached hydrogens (tertiary/aromatic N) is 2. The predicted molar refractivity (Wildman–Crippen MR) is 61.4 cm³/mol. The summed E-state index contributed by atoms with van der Waals surface area (Å²) in [6, 6.07) is 3.91. The van der Waals surface area contributed by atoms with E-state index in [1.807, 2.05) is 0 Å². The Balaban J connectivity index is 2.22. The van der Waals surface area contributed by atoms with E-state index in [-0.39, 0.29) is 16.7 Å². The summed E-state index contributed by atoms with van der Waals surface area (Å²) in [5.74, 6) is -2.45. The first kappa shape index (κ1) is 12.4. The van der Waals surface area contributed by atoms with Gasteiger partial charge >= 0.3 is 0 Å². The normalized spacial score (nSPS) is 10.2. The van der Waals surface area contributed by atoms with Gasteiger partial charge < -0.3 is 0 Å². The molecule has 2 rings (SSSR count). The number of amides is 1. The molecule has 0 aliphatic heterocycles. The number of halogens is 3. The van der Waals surface area contributed by atoms with Crippen LogP contribution in [0.15, 0.2) is 30.5 Å². The van der Waals surface area contributed by atoms with Crippen LogP contribution >= 0.6 is 11.6 Å². The molecule has 0 fully saturated rings. The van der Waals surface area contributed by atoms with Gasteiger partial charge in [-0.25, -0.2) is 18.7 Å². The molecule has 1 amide bonds. The van der Waals surface area contributed by atoms with E-state index in [1.54, 1.807) is 0 Å². The molecule has 7 heteroatoms. The molecule has 0 radical (unpaired) electrons. The molecule has 18 heavy (non-hydrogen) atoms. The molecular weight excluding hydrogens is 264 g/mol. The Bertz CT molecular complexity index is 586. The molecule has 0 aliphatic rings. The molecule has 0 aliphatic carbocycles. The van der Waals surface area contributed by atoms with Crippen LogP contribution in [0.2, 0.25) is 5.15 Å². The van der Waals surface area contributed by atoms with Gasteiger partial charge in [-0.2, -0.15) is 0 Å². The van der Waals surface area contributed by atoms with Gasteiger partial charge in [0.05, 0.1) is 0 Å². The van der Waals surface area contributed by atoms with Crippen LogP contribution in [0.25, 0.3) is 0 Å². The maximum atomic E-state index is 12.9. The smallest absolute Gasteiger partial charge is 0.258 e. The molecular formula is C11H6ClF2N3O. The summed E-state index contributed by atoms with van der Waals surface area (Å²) in [5.41, 5.74) is -0.170. The lowest BCUT2D eigenvalue weighted by Gasteiger charge is -2.04. The molecule has 1 N–H and O–H groups in total. The number of anilines is 1. The van der Waals surface area contributed by atoms with Gasteiger partial charge in [-0.1, -0.05) is 11.6 Å². The highest BCUT2D eigenvalue weighted by molar-refractivity contribution is 6.29. The van der Waals surface area contributed by atoms with Crippen molar-refractivity contribution in [1.82, 2.24) is 9.97 Å². The molecule has 4 nitrogen and oxygen atoms in total. The maximum Gasteiger partial charge on any atom is 0.258 e. The summed E-state index contributed by atoms with van der Waals surface area (Å²) in [6.07, 6.45) is 1.34. The number of rotatable bonds is 2. The van der Waals surface area contributed by atoms with E-state index in [0.29, 0.717) is 6.07 Å². The molecule has 1 heterocycles. The summed E-state index contributed by atoms with van der Waals surface area (Å²) in [6.45, 7) is 0. The van der Waals surface area contributed by atoms with Crippen LogP contribution in [0.4, 0.5) is 14.7 Å². The van der Waals surface area contributed by atoms with Gasteiger partial charge in [-0.15, -0.1) is 0 Å². The van der Waals surface area contributed by atoms with E-state index >= 15 is 0 Å². The van der Waals surface area contributed by atoms with Crippen molar-refractivity contribution in [3.63, 3.8) is 0 Å². The van der Waals surface area contributed by atoms with Crippen LogP contribution in [0.5, 0.6) is 0 Å². The number of carbonyl (C=O) groups excluding carboxylic acids is 1. The van der Waals surface area contributed by atoms with Gasteiger partial charge in [0, 0.05) is 17.8 Å². The summed E-state index contributed by atoms with van der Waals surface area (Å²) in [7, 11) is 0. The van der Waals surface area contributed by atoms with Crippen molar-refractivity contribution >= 4 is 23.5 Å². The predicted octanol–water partition coefficient (Wildman–Crippen LogP) is 2.66. The van der Waals surface area contributed by atoms with E-state index in [0.717, 1.165) is 12.1 Å². The Hall–Kier alpha value is -2.08. The highest BCUT2D eigenvalue weighted by Gasteiger charge is 2.10. The Morgan fingerprint density at radius 2 is 1.89 bits per heavy atom. The van der Waals surface area contributed by atoms with Gasteiger partial charge in [0.1, 0.15) is 16.8 Å². The Kier molecular flexibility index (Phi) is 3.47. The Morgan fingerprint density at radius 1 is 1.22 bits per heavy atom. The molecule has 1 aromatic heterocycles. The third-order valence-electron chi connectivity index (χ3n) is 1.97. The number of aromatic nitrogens is 2. The van der Waals surface area contributed by atoms with Crippen LogP contribution in [-0.4, -0.2) is 15.9 Å². The lowest BCUT2D eigenvalue weighted by atomic mass is 10.2. The fourth-order valence-electron chi connectivity index (χ4n) is 1.26. The lowest BCUT2D eigenvalue weighted by molar-refractivity contribution is 0.102. The van der Waals surface area contributed by atoms with Gasteiger partial charge in [0.2, 0.25) is 5.95 Å². The lowest BCUT2D eigenvalue weighted by Crippen LogP contribution is -2.14. The summed E-state index contributed by atoms with van der Waals surface area (Å²) in [4.78, 5) is 19.1. The molecule has 0 atom stereocenters. The zero-order valence-electron chi connectivity index (χ0n) is 8.82. The van der Waals surface area contributed by atoms with Gasteiger partial charge in [0.15, 0.2) is 0 Å². The summed E-state index contributed by atoms with van der Waals surface area (Å²) < 4.78 is 25.8. The molecule has 2 aromatic rings. The Labute approximate surface area is 106 Å². The monoisotopic (exact) mass is 269 g/mol. The first-order valence-electron chi connectivity index (χ1n) is 4.80. The fraction of sp³-hybridized carbons (Fsp3) is 0. The van der Waals surface area contributed by atoms with E-state index in [2.05, 4.69) is 15.3 Å². The van der Waals surface area contributed by atoms with E-state index in [4.69, 9.17) is 11.6 Å². The largest absolute Gasteiger partial charge is 0.290 e. The van der Waals surface area contributed by atoms with Crippen LogP contribution in [0.1, 0.15) is 10.4 Å². The second kappa shape index (κ2) is 5.05. The standard InChI is InChI=1S/C11H6ClF2N3O/c12-9-1-2-15-11(16-9)17-10(18)6-3-7(13)5-8(14)4-6/h1-5H,(H,15,16,17,18). The minimum atomic E-state index is -0.841.